The van der Waals surface area contributed by atoms with E-state index >= 15 is 0 Å². The molecule has 1 aliphatic carbocycles. The molecule has 1 aromatic carbocycles. The van der Waals surface area contributed by atoms with Crippen molar-refractivity contribution in [2.24, 2.45) is 0 Å². The van der Waals surface area contributed by atoms with Gasteiger partial charge >= 0.3 is 11.7 Å². The van der Waals surface area contributed by atoms with Gasteiger partial charge < -0.3 is 24.6 Å². The largest absolute Gasteiger partial charge is 0.500 e. The van der Waals surface area contributed by atoms with Crippen LogP contribution in [0.15, 0.2) is 52.2 Å². The molecule has 5 rings (SSSR count). The van der Waals surface area contributed by atoms with E-state index in [9.17, 15) is 24.8 Å². The first-order chi connectivity index (χ1) is 18.8. The quantitative estimate of drug-likeness (QED) is 0.267. The summed E-state index contributed by atoms with van der Waals surface area (Å²) in [6.07, 6.45) is 2.27. The minimum atomic E-state index is -0.937. The molecule has 0 amide bonds. The van der Waals surface area contributed by atoms with Gasteiger partial charge in [-0.15, -0.1) is 11.3 Å². The number of aromatic hydroxyl groups is 1. The van der Waals surface area contributed by atoms with Crippen LogP contribution in [0, 0.1) is 10.1 Å². The molecule has 10 nitrogen and oxygen atoms in total. The highest BCUT2D eigenvalue weighted by atomic mass is 32.1. The summed E-state index contributed by atoms with van der Waals surface area (Å²) in [6.45, 7) is 4.26. The van der Waals surface area contributed by atoms with Gasteiger partial charge in [0.1, 0.15) is 6.61 Å². The Balaban J connectivity index is 1.60. The third kappa shape index (κ3) is 5.28. The van der Waals surface area contributed by atoms with Crippen molar-refractivity contribution in [2.75, 3.05) is 19.8 Å². The van der Waals surface area contributed by atoms with Crippen LogP contribution in [-0.2, 0) is 19.1 Å². The number of benzene rings is 1. The van der Waals surface area contributed by atoms with Gasteiger partial charge in [-0.25, -0.2) is 4.79 Å². The first-order valence-corrected chi connectivity index (χ1v) is 13.9. The third-order valence-corrected chi connectivity index (χ3v) is 8.36. The number of ketones is 1. The van der Waals surface area contributed by atoms with E-state index in [0.717, 1.165) is 17.7 Å². The van der Waals surface area contributed by atoms with Gasteiger partial charge in [0.15, 0.2) is 11.5 Å². The van der Waals surface area contributed by atoms with Crippen molar-refractivity contribution in [1.29, 1.82) is 0 Å². The van der Waals surface area contributed by atoms with Crippen molar-refractivity contribution in [1.82, 2.24) is 5.32 Å². The highest BCUT2D eigenvalue weighted by Gasteiger charge is 2.43. The van der Waals surface area contributed by atoms with E-state index in [1.54, 1.807) is 25.2 Å². The number of allylic oxidation sites excluding steroid dienone is 3. The van der Waals surface area contributed by atoms with Gasteiger partial charge in [0.25, 0.3) is 0 Å². The first kappa shape index (κ1) is 26.9. The molecule has 2 N–H and O–H groups in total. The highest BCUT2D eigenvalue weighted by molar-refractivity contribution is 7.10. The van der Waals surface area contributed by atoms with Gasteiger partial charge in [0.05, 0.1) is 23.2 Å². The standard InChI is InChI=1S/C28H30N2O8S/c1-3-36-22-13-17(11-20(27(22)32)30(34)35)25-24(28(33)38-14-18-6-4-8-37-18)15(2)29-19-10-16(12-21(31)26(19)25)23-7-5-9-39-23/h5,7,9,11,13,16,18,25,29,32H,3-4,6,8,10,12,14H2,1-2H3. The number of dihydropyridines is 1. The minimum Gasteiger partial charge on any atom is -0.500 e. The number of rotatable bonds is 8. The Kier molecular flexibility index (Phi) is 7.72. The fraction of sp³-hybridized carbons (Fsp3) is 0.429. The summed E-state index contributed by atoms with van der Waals surface area (Å²) >= 11 is 1.59. The van der Waals surface area contributed by atoms with E-state index in [2.05, 4.69) is 5.32 Å². The number of nitro benzene ring substituents is 1. The number of hydrogen-bond donors (Lipinski definition) is 2. The number of carbonyl (C=O) groups is 2. The van der Waals surface area contributed by atoms with Gasteiger partial charge in [-0.2, -0.15) is 0 Å². The number of Topliss-reactive ketones (excluding diaryl/α,β-unsaturated/α-hetero) is 1. The molecule has 1 aromatic heterocycles. The number of carbonyl (C=O) groups excluding carboxylic acids is 2. The molecule has 3 heterocycles. The fourth-order valence-electron chi connectivity index (χ4n) is 5.58. The molecule has 11 heteroatoms. The van der Waals surface area contributed by atoms with Gasteiger partial charge in [-0.05, 0) is 56.2 Å². The molecule has 1 fully saturated rings. The van der Waals surface area contributed by atoms with Crippen LogP contribution in [0.3, 0.4) is 0 Å². The van der Waals surface area contributed by atoms with Crippen LogP contribution in [-0.4, -0.2) is 47.7 Å². The number of nitro groups is 1. The summed E-state index contributed by atoms with van der Waals surface area (Å²) in [6, 6.07) is 6.62. The molecule has 0 spiro atoms. The van der Waals surface area contributed by atoms with Crippen molar-refractivity contribution in [2.45, 2.75) is 57.5 Å². The minimum absolute atomic E-state index is 0.0154. The van der Waals surface area contributed by atoms with E-state index < -0.39 is 28.2 Å². The second-order valence-electron chi connectivity index (χ2n) is 9.84. The predicted octanol–water partition coefficient (Wildman–Crippen LogP) is 4.84. The number of nitrogens with zero attached hydrogens (tertiary/aromatic N) is 1. The summed E-state index contributed by atoms with van der Waals surface area (Å²) in [4.78, 5) is 39.5. The predicted molar refractivity (Wildman–Crippen MR) is 143 cm³/mol. The molecule has 0 saturated carbocycles. The lowest BCUT2D eigenvalue weighted by molar-refractivity contribution is -0.386. The Hall–Kier alpha value is -3.70. The smallest absolute Gasteiger partial charge is 0.336 e. The Bertz CT molecular complexity index is 1360. The zero-order chi connectivity index (χ0) is 27.7. The van der Waals surface area contributed by atoms with Gasteiger partial charge in [-0.3, -0.25) is 14.9 Å². The maximum absolute atomic E-state index is 13.8. The average molecular weight is 555 g/mol. The van der Waals surface area contributed by atoms with Gasteiger partial charge in [-0.1, -0.05) is 6.07 Å². The van der Waals surface area contributed by atoms with Crippen molar-refractivity contribution in [3.05, 3.63) is 72.7 Å². The van der Waals surface area contributed by atoms with E-state index in [4.69, 9.17) is 14.2 Å². The number of nitrogens with one attached hydrogen (secondary N) is 1. The van der Waals surface area contributed by atoms with Crippen molar-refractivity contribution in [3.63, 3.8) is 0 Å². The summed E-state index contributed by atoms with van der Waals surface area (Å²) < 4.78 is 16.7. The number of hydrogen-bond acceptors (Lipinski definition) is 10. The highest BCUT2D eigenvalue weighted by Crippen LogP contribution is 2.49. The lowest BCUT2D eigenvalue weighted by Crippen LogP contribution is -2.36. The molecule has 2 aliphatic heterocycles. The van der Waals surface area contributed by atoms with Gasteiger partial charge in [0.2, 0.25) is 5.75 Å². The van der Waals surface area contributed by atoms with Crippen molar-refractivity contribution >= 4 is 28.8 Å². The maximum Gasteiger partial charge on any atom is 0.336 e. The van der Waals surface area contributed by atoms with Crippen molar-refractivity contribution in [3.8, 4) is 11.5 Å². The molecule has 3 aliphatic rings. The number of phenols is 1. The molecular weight excluding hydrogens is 524 g/mol. The molecule has 0 radical (unpaired) electrons. The van der Waals surface area contributed by atoms with Crippen LogP contribution in [0.4, 0.5) is 5.69 Å². The zero-order valence-electron chi connectivity index (χ0n) is 21.7. The lowest BCUT2D eigenvalue weighted by atomic mass is 9.72. The summed E-state index contributed by atoms with van der Waals surface area (Å²) in [7, 11) is 0. The Morgan fingerprint density at radius 2 is 2.15 bits per heavy atom. The average Bonchev–Trinajstić information content (AvgIpc) is 3.62. The van der Waals surface area contributed by atoms with Crippen LogP contribution in [0.2, 0.25) is 0 Å². The zero-order valence-corrected chi connectivity index (χ0v) is 22.5. The van der Waals surface area contributed by atoms with Crippen LogP contribution >= 0.6 is 11.3 Å². The molecule has 2 aromatic rings. The third-order valence-electron chi connectivity index (χ3n) is 7.32. The summed E-state index contributed by atoms with van der Waals surface area (Å²) in [5, 5.41) is 27.6. The molecule has 3 unspecified atom stereocenters. The van der Waals surface area contributed by atoms with E-state index in [-0.39, 0.29) is 48.8 Å². The molecule has 1 saturated heterocycles. The van der Waals surface area contributed by atoms with Crippen LogP contribution < -0.4 is 10.1 Å². The molecule has 3 atom stereocenters. The van der Waals surface area contributed by atoms with Crippen molar-refractivity contribution < 1.29 is 33.8 Å². The monoisotopic (exact) mass is 554 g/mol. The SMILES string of the molecule is CCOc1cc(C2C(C(=O)OCC3CCCO3)=C(C)NC3=C2C(=O)CC(c2cccs2)C3)cc([N+](=O)[O-])c1O. The number of phenolic OH excluding ortho intramolecular Hbond substituents is 1. The van der Waals surface area contributed by atoms with Crippen LogP contribution in [0.5, 0.6) is 11.5 Å². The normalized spacial score (nSPS) is 22.9. The second kappa shape index (κ2) is 11.2. The number of thiophene rings is 1. The maximum atomic E-state index is 13.8. The lowest BCUT2D eigenvalue weighted by Gasteiger charge is -2.36. The number of esters is 1. The van der Waals surface area contributed by atoms with Crippen LogP contribution in [0.25, 0.3) is 0 Å². The van der Waals surface area contributed by atoms with E-state index in [1.807, 2.05) is 17.5 Å². The summed E-state index contributed by atoms with van der Waals surface area (Å²) in [5.74, 6) is -2.44. The molecular formula is C28H30N2O8S. The Labute approximate surface area is 229 Å². The fourth-order valence-corrected chi connectivity index (χ4v) is 6.41. The van der Waals surface area contributed by atoms with E-state index in [0.29, 0.717) is 35.6 Å². The summed E-state index contributed by atoms with van der Waals surface area (Å²) in [5.41, 5.74) is 1.47. The molecule has 0 bridgehead atoms. The van der Waals surface area contributed by atoms with Gasteiger partial charge in [0, 0.05) is 52.8 Å². The first-order valence-electron chi connectivity index (χ1n) is 13.0. The topological polar surface area (TPSA) is 137 Å². The van der Waals surface area contributed by atoms with E-state index in [1.165, 1.54) is 12.1 Å². The Morgan fingerprint density at radius 3 is 2.82 bits per heavy atom. The number of ether oxygens (including phenoxy) is 3. The van der Waals surface area contributed by atoms with Crippen LogP contribution in [0.1, 0.15) is 61.8 Å². The second-order valence-corrected chi connectivity index (χ2v) is 10.8. The Morgan fingerprint density at radius 1 is 1.33 bits per heavy atom. The molecule has 206 valence electrons. The molecule has 39 heavy (non-hydrogen) atoms.